The molecule has 0 saturated heterocycles. The van der Waals surface area contributed by atoms with Crippen LogP contribution in [0.25, 0.3) is 5.57 Å². The smallest absolute Gasteiger partial charge is 0.234 e. The van der Waals surface area contributed by atoms with Crippen molar-refractivity contribution >= 4 is 17.1 Å². The fraction of sp³-hybridized carbons (Fsp3) is 0.250. The summed E-state index contributed by atoms with van der Waals surface area (Å²) in [5.41, 5.74) is 2.97. The van der Waals surface area contributed by atoms with E-state index in [9.17, 15) is 9.59 Å². The Morgan fingerprint density at radius 2 is 1.33 bits per heavy atom. The number of allylic oxidation sites excluding steroid dienone is 4. The Bertz CT molecular complexity index is 562. The highest BCUT2D eigenvalue weighted by molar-refractivity contribution is 6.54. The van der Waals surface area contributed by atoms with Crippen LogP contribution >= 0.6 is 0 Å². The summed E-state index contributed by atoms with van der Waals surface area (Å²) in [5, 5.41) is 0. The number of Topliss-reactive ketones (excluding diaryl/α,β-unsaturated/α-hetero) is 2. The largest absolute Gasteiger partial charge is 0.285 e. The van der Waals surface area contributed by atoms with Crippen LogP contribution in [0, 0.1) is 0 Å². The molecule has 0 radical (unpaired) electrons. The Kier molecular flexibility index (Phi) is 3.56. The topological polar surface area (TPSA) is 34.1 Å². The number of fused-ring (bicyclic) bond motifs is 3. The quantitative estimate of drug-likeness (QED) is 0.649. The molecule has 18 heavy (non-hydrogen) atoms. The summed E-state index contributed by atoms with van der Waals surface area (Å²) in [6.45, 7) is 4.00. The number of carbonyl (C=O) groups excluding carboxylic acids is 2. The molecular weight excluding hydrogens is 224 g/mol. The van der Waals surface area contributed by atoms with Gasteiger partial charge in [0.25, 0.3) is 0 Å². The summed E-state index contributed by atoms with van der Waals surface area (Å²) in [7, 11) is 0. The molecule has 92 valence electrons. The van der Waals surface area contributed by atoms with Crippen molar-refractivity contribution in [2.24, 2.45) is 0 Å². The Morgan fingerprint density at radius 1 is 0.778 bits per heavy atom. The highest BCUT2D eigenvalue weighted by atomic mass is 16.2. The second kappa shape index (κ2) is 5.13. The van der Waals surface area contributed by atoms with Gasteiger partial charge in [0.1, 0.15) is 0 Å². The fourth-order valence-electron chi connectivity index (χ4n) is 2.31. The molecule has 0 heterocycles. The number of hydrogen-bond acceptors (Lipinski definition) is 2. The third-order valence-electron chi connectivity index (χ3n) is 3.07. The molecule has 1 aromatic rings. The van der Waals surface area contributed by atoms with E-state index >= 15 is 0 Å². The zero-order valence-electron chi connectivity index (χ0n) is 10.7. The number of rotatable bonds is 0. The first-order valence-corrected chi connectivity index (χ1v) is 6.38. The summed E-state index contributed by atoms with van der Waals surface area (Å²) >= 11 is 0. The highest BCUT2D eigenvalue weighted by Gasteiger charge is 2.32. The van der Waals surface area contributed by atoms with E-state index in [2.05, 4.69) is 6.08 Å². The molecule has 0 spiro atoms. The monoisotopic (exact) mass is 240 g/mol. The Balaban J connectivity index is 0.000000574. The van der Waals surface area contributed by atoms with Crippen molar-refractivity contribution in [3.8, 4) is 0 Å². The second-order valence-electron chi connectivity index (χ2n) is 4.02. The van der Waals surface area contributed by atoms with E-state index < -0.39 is 0 Å². The maximum absolute atomic E-state index is 11.9. The van der Waals surface area contributed by atoms with Gasteiger partial charge in [0.05, 0.1) is 0 Å². The molecule has 0 aromatic heterocycles. The minimum Gasteiger partial charge on any atom is -0.285 e. The van der Waals surface area contributed by atoms with Crippen LogP contribution in [0.1, 0.15) is 42.6 Å². The van der Waals surface area contributed by atoms with Gasteiger partial charge in [-0.05, 0) is 24.0 Å². The number of carbonyl (C=O) groups is 2. The van der Waals surface area contributed by atoms with Gasteiger partial charge in [0.2, 0.25) is 11.6 Å². The van der Waals surface area contributed by atoms with Gasteiger partial charge in [0.15, 0.2) is 0 Å². The molecule has 0 bridgehead atoms. The molecule has 0 atom stereocenters. The van der Waals surface area contributed by atoms with E-state index in [4.69, 9.17) is 0 Å². The van der Waals surface area contributed by atoms with Crippen LogP contribution in [0.5, 0.6) is 0 Å². The first kappa shape index (κ1) is 12.5. The molecule has 0 fully saturated rings. The second-order valence-corrected chi connectivity index (χ2v) is 4.02. The van der Waals surface area contributed by atoms with Crippen molar-refractivity contribution < 1.29 is 9.59 Å². The third kappa shape index (κ3) is 1.84. The summed E-state index contributed by atoms with van der Waals surface area (Å²) in [5.74, 6) is -0.731. The molecule has 0 saturated carbocycles. The summed E-state index contributed by atoms with van der Waals surface area (Å²) < 4.78 is 0. The lowest BCUT2D eigenvalue weighted by molar-refractivity contribution is -0.111. The van der Waals surface area contributed by atoms with E-state index in [1.54, 1.807) is 12.1 Å². The molecule has 1 aromatic carbocycles. The lowest BCUT2D eigenvalue weighted by Gasteiger charge is -2.22. The highest BCUT2D eigenvalue weighted by Crippen LogP contribution is 2.35. The van der Waals surface area contributed by atoms with Gasteiger partial charge in [-0.1, -0.05) is 50.3 Å². The standard InChI is InChI=1S/C14H10O2.C2H6/c15-13-11-7-3-1-5-9(11)10-6-2-4-8-12(10)14(13)16;1-2/h1,3,5-8H,2,4H2;1-2H3. The van der Waals surface area contributed by atoms with Gasteiger partial charge >= 0.3 is 0 Å². The zero-order chi connectivity index (χ0) is 13.1. The first-order chi connectivity index (χ1) is 8.79. The van der Waals surface area contributed by atoms with Crippen LogP contribution in [-0.2, 0) is 4.79 Å². The van der Waals surface area contributed by atoms with Crippen LogP contribution < -0.4 is 0 Å². The number of hydrogen-bond donors (Lipinski definition) is 0. The van der Waals surface area contributed by atoms with Crippen LogP contribution in [0.15, 0.2) is 42.0 Å². The van der Waals surface area contributed by atoms with Gasteiger partial charge in [-0.25, -0.2) is 0 Å². The Morgan fingerprint density at radius 3 is 2.00 bits per heavy atom. The molecule has 2 heteroatoms. The summed E-state index contributed by atoms with van der Waals surface area (Å²) in [6.07, 6.45) is 5.72. The van der Waals surface area contributed by atoms with E-state index in [0.29, 0.717) is 11.1 Å². The van der Waals surface area contributed by atoms with Crippen molar-refractivity contribution in [3.05, 3.63) is 53.1 Å². The van der Waals surface area contributed by atoms with Gasteiger partial charge in [-0.15, -0.1) is 0 Å². The van der Waals surface area contributed by atoms with E-state index in [0.717, 1.165) is 24.0 Å². The fourth-order valence-corrected chi connectivity index (χ4v) is 2.31. The minimum absolute atomic E-state index is 0.357. The number of ketones is 2. The molecule has 2 aliphatic carbocycles. The third-order valence-corrected chi connectivity index (χ3v) is 3.07. The van der Waals surface area contributed by atoms with E-state index in [1.807, 2.05) is 32.1 Å². The van der Waals surface area contributed by atoms with Crippen LogP contribution in [-0.4, -0.2) is 11.6 Å². The maximum atomic E-state index is 11.9. The lowest BCUT2D eigenvalue weighted by Crippen LogP contribution is -2.25. The van der Waals surface area contributed by atoms with Crippen molar-refractivity contribution in [2.45, 2.75) is 26.7 Å². The lowest BCUT2D eigenvalue weighted by atomic mass is 9.79. The molecule has 0 aliphatic heterocycles. The average molecular weight is 240 g/mol. The van der Waals surface area contributed by atoms with E-state index in [-0.39, 0.29) is 11.6 Å². The van der Waals surface area contributed by atoms with Crippen LogP contribution in [0.3, 0.4) is 0 Å². The summed E-state index contributed by atoms with van der Waals surface area (Å²) in [4.78, 5) is 23.7. The number of benzene rings is 1. The zero-order valence-corrected chi connectivity index (χ0v) is 10.7. The summed E-state index contributed by atoms with van der Waals surface area (Å²) in [6, 6.07) is 7.32. The Hall–Kier alpha value is -1.96. The van der Waals surface area contributed by atoms with Crippen LogP contribution in [0.4, 0.5) is 0 Å². The molecule has 3 rings (SSSR count). The molecule has 0 N–H and O–H groups in total. The molecule has 2 nitrogen and oxygen atoms in total. The molecule has 2 aliphatic rings. The van der Waals surface area contributed by atoms with Gasteiger partial charge in [-0.3, -0.25) is 9.59 Å². The predicted molar refractivity (Wildman–Crippen MR) is 72.4 cm³/mol. The van der Waals surface area contributed by atoms with Crippen molar-refractivity contribution in [1.82, 2.24) is 0 Å². The molecule has 0 unspecified atom stereocenters. The normalized spacial score (nSPS) is 16.8. The maximum Gasteiger partial charge on any atom is 0.234 e. The molecular formula is C16H16O2. The van der Waals surface area contributed by atoms with Crippen molar-refractivity contribution in [2.75, 3.05) is 0 Å². The Labute approximate surface area is 107 Å². The van der Waals surface area contributed by atoms with Gasteiger partial charge < -0.3 is 0 Å². The van der Waals surface area contributed by atoms with Gasteiger partial charge in [-0.2, -0.15) is 0 Å². The SMILES string of the molecule is CC.O=C1C(=O)c2ccccc2C2=CCCC=C12. The average Bonchev–Trinajstić information content (AvgIpc) is 2.47. The first-order valence-electron chi connectivity index (χ1n) is 6.38. The van der Waals surface area contributed by atoms with E-state index in [1.165, 1.54) is 0 Å². The van der Waals surface area contributed by atoms with Crippen molar-refractivity contribution in [3.63, 3.8) is 0 Å². The predicted octanol–water partition coefficient (Wildman–Crippen LogP) is 3.58. The minimum atomic E-state index is -0.374. The van der Waals surface area contributed by atoms with Crippen molar-refractivity contribution in [1.29, 1.82) is 0 Å². The van der Waals surface area contributed by atoms with Crippen LogP contribution in [0.2, 0.25) is 0 Å². The molecule has 0 amide bonds. The van der Waals surface area contributed by atoms with Gasteiger partial charge in [0, 0.05) is 11.1 Å².